The van der Waals surface area contributed by atoms with E-state index in [2.05, 4.69) is 4.98 Å². The van der Waals surface area contributed by atoms with Crippen molar-refractivity contribution < 1.29 is 4.79 Å². The highest BCUT2D eigenvalue weighted by Crippen LogP contribution is 2.29. The van der Waals surface area contributed by atoms with Crippen LogP contribution in [0, 0.1) is 13.8 Å². The molecule has 0 bridgehead atoms. The summed E-state index contributed by atoms with van der Waals surface area (Å²) in [7, 11) is 0. The van der Waals surface area contributed by atoms with Crippen LogP contribution in [0.2, 0.25) is 0 Å². The lowest BCUT2D eigenvalue weighted by atomic mass is 10.2. The number of amides is 1. The second-order valence-corrected chi connectivity index (χ2v) is 7.08. The number of hydrogen-bond donors (Lipinski definition) is 1. The van der Waals surface area contributed by atoms with Crippen molar-refractivity contribution in [1.82, 2.24) is 9.55 Å². The molecule has 0 spiro atoms. The number of carbonyl (C=O) groups excluding carboxylic acids is 1. The van der Waals surface area contributed by atoms with Crippen LogP contribution in [-0.4, -0.2) is 20.7 Å². The molecule has 2 aromatic heterocycles. The highest BCUT2D eigenvalue weighted by Gasteiger charge is 2.19. The first-order valence-corrected chi connectivity index (χ1v) is 8.02. The molecule has 0 saturated carbocycles. The number of hydrogen-bond acceptors (Lipinski definition) is 5. The van der Waals surface area contributed by atoms with E-state index >= 15 is 0 Å². The molecule has 108 valence electrons. The van der Waals surface area contributed by atoms with Crippen molar-refractivity contribution >= 4 is 39.2 Å². The first-order valence-electron chi connectivity index (χ1n) is 6.33. The Morgan fingerprint density at radius 3 is 2.70 bits per heavy atom. The van der Waals surface area contributed by atoms with E-state index in [1.807, 2.05) is 20.8 Å². The molecule has 0 aliphatic rings. The number of rotatable bonds is 4. The van der Waals surface area contributed by atoms with Crippen molar-refractivity contribution in [3.8, 4) is 0 Å². The van der Waals surface area contributed by atoms with Gasteiger partial charge in [0, 0.05) is 11.4 Å². The zero-order chi connectivity index (χ0) is 15.0. The number of aromatic nitrogens is 2. The van der Waals surface area contributed by atoms with Gasteiger partial charge < -0.3 is 5.73 Å². The maximum absolute atomic E-state index is 12.6. The van der Waals surface area contributed by atoms with Gasteiger partial charge in [-0.1, -0.05) is 11.8 Å². The number of thiophene rings is 1. The van der Waals surface area contributed by atoms with Gasteiger partial charge in [-0.3, -0.25) is 14.2 Å². The third kappa shape index (κ3) is 2.47. The minimum Gasteiger partial charge on any atom is -0.369 e. The molecule has 1 atom stereocenters. The number of primary amides is 1. The number of aryl methyl sites for hydroxylation is 2. The lowest BCUT2D eigenvalue weighted by Crippen LogP contribution is -2.26. The lowest BCUT2D eigenvalue weighted by Gasteiger charge is -2.12. The average molecular weight is 311 g/mol. The van der Waals surface area contributed by atoms with Crippen molar-refractivity contribution in [2.45, 2.75) is 44.6 Å². The van der Waals surface area contributed by atoms with E-state index in [0.717, 1.165) is 15.3 Å². The molecule has 2 heterocycles. The quantitative estimate of drug-likeness (QED) is 0.692. The highest BCUT2D eigenvalue weighted by molar-refractivity contribution is 8.00. The van der Waals surface area contributed by atoms with Crippen LogP contribution in [0.15, 0.2) is 9.95 Å². The molecule has 0 aromatic carbocycles. The fourth-order valence-electron chi connectivity index (χ4n) is 1.89. The van der Waals surface area contributed by atoms with E-state index < -0.39 is 11.2 Å². The molecule has 0 fully saturated rings. The normalized spacial score (nSPS) is 12.8. The summed E-state index contributed by atoms with van der Waals surface area (Å²) >= 11 is 2.74. The van der Waals surface area contributed by atoms with Crippen LogP contribution in [0.5, 0.6) is 0 Å². The molecule has 2 N–H and O–H groups in total. The lowest BCUT2D eigenvalue weighted by molar-refractivity contribution is -0.117. The minimum atomic E-state index is -0.417. The van der Waals surface area contributed by atoms with Gasteiger partial charge in [0.05, 0.1) is 10.6 Å². The van der Waals surface area contributed by atoms with Gasteiger partial charge in [0.2, 0.25) is 5.91 Å². The molecule has 0 aliphatic carbocycles. The molecule has 7 heteroatoms. The maximum Gasteiger partial charge on any atom is 0.263 e. The molecule has 2 rings (SSSR count). The second-order valence-electron chi connectivity index (χ2n) is 4.57. The summed E-state index contributed by atoms with van der Waals surface area (Å²) in [6.07, 6.45) is 0. The van der Waals surface area contributed by atoms with Gasteiger partial charge in [0.1, 0.15) is 4.83 Å². The fraction of sp³-hybridized carbons (Fsp3) is 0.462. The van der Waals surface area contributed by atoms with Crippen molar-refractivity contribution in [2.24, 2.45) is 5.73 Å². The van der Waals surface area contributed by atoms with Crippen LogP contribution >= 0.6 is 23.1 Å². The Morgan fingerprint density at radius 1 is 1.50 bits per heavy atom. The zero-order valence-electron chi connectivity index (χ0n) is 11.9. The number of carbonyl (C=O) groups is 1. The first kappa shape index (κ1) is 15.1. The second kappa shape index (κ2) is 5.57. The van der Waals surface area contributed by atoms with Gasteiger partial charge in [-0.15, -0.1) is 11.3 Å². The van der Waals surface area contributed by atoms with Crippen LogP contribution in [0.25, 0.3) is 10.2 Å². The molecular formula is C13H17N3O2S2. The van der Waals surface area contributed by atoms with Crippen LogP contribution in [0.1, 0.15) is 24.3 Å². The minimum absolute atomic E-state index is 0.0430. The number of thioether (sulfide) groups is 1. The summed E-state index contributed by atoms with van der Waals surface area (Å²) in [4.78, 5) is 30.1. The Morgan fingerprint density at radius 2 is 2.15 bits per heavy atom. The molecule has 0 aliphatic heterocycles. The SMILES string of the molecule is CCn1c(S[C@@H](C)C(N)=O)nc2sc(C)c(C)c2c1=O. The number of nitrogens with zero attached hydrogens (tertiary/aromatic N) is 2. The molecule has 1 amide bonds. The topological polar surface area (TPSA) is 78.0 Å². The first-order chi connectivity index (χ1) is 9.36. The van der Waals surface area contributed by atoms with E-state index in [9.17, 15) is 9.59 Å². The van der Waals surface area contributed by atoms with Crippen LogP contribution < -0.4 is 11.3 Å². The number of fused-ring (bicyclic) bond motifs is 1. The zero-order valence-corrected chi connectivity index (χ0v) is 13.5. The van der Waals surface area contributed by atoms with E-state index in [1.54, 1.807) is 11.5 Å². The smallest absolute Gasteiger partial charge is 0.263 e. The Kier molecular flexibility index (Phi) is 4.19. The van der Waals surface area contributed by atoms with Crippen molar-refractivity contribution in [2.75, 3.05) is 0 Å². The molecule has 0 saturated heterocycles. The third-order valence-corrected chi connectivity index (χ3v) is 5.46. The van der Waals surface area contributed by atoms with Crippen LogP contribution in [-0.2, 0) is 11.3 Å². The molecule has 0 radical (unpaired) electrons. The largest absolute Gasteiger partial charge is 0.369 e. The molecule has 0 unspecified atom stereocenters. The Labute approximate surface area is 125 Å². The van der Waals surface area contributed by atoms with Gasteiger partial charge in [-0.05, 0) is 33.3 Å². The summed E-state index contributed by atoms with van der Waals surface area (Å²) in [5.41, 5.74) is 6.23. The van der Waals surface area contributed by atoms with Gasteiger partial charge in [0.25, 0.3) is 5.56 Å². The van der Waals surface area contributed by atoms with Crippen LogP contribution in [0.4, 0.5) is 0 Å². The third-order valence-electron chi connectivity index (χ3n) is 3.25. The summed E-state index contributed by atoms with van der Waals surface area (Å²) < 4.78 is 1.60. The van der Waals surface area contributed by atoms with E-state index in [0.29, 0.717) is 17.1 Å². The van der Waals surface area contributed by atoms with Crippen molar-refractivity contribution in [3.05, 3.63) is 20.8 Å². The van der Waals surface area contributed by atoms with Gasteiger partial charge in [-0.25, -0.2) is 4.98 Å². The monoisotopic (exact) mass is 311 g/mol. The fourth-order valence-corrected chi connectivity index (χ4v) is 3.89. The highest BCUT2D eigenvalue weighted by atomic mass is 32.2. The van der Waals surface area contributed by atoms with Crippen LogP contribution in [0.3, 0.4) is 0 Å². The Balaban J connectivity index is 2.66. The van der Waals surface area contributed by atoms with E-state index in [-0.39, 0.29) is 5.56 Å². The molecular weight excluding hydrogens is 294 g/mol. The van der Waals surface area contributed by atoms with E-state index in [1.165, 1.54) is 23.1 Å². The standard InChI is InChI=1S/C13H17N3O2S2/c1-5-16-12(18)9-6(2)7(3)19-11(9)15-13(16)20-8(4)10(14)17/h8H,5H2,1-4H3,(H2,14,17)/t8-/m0/s1. The van der Waals surface area contributed by atoms with E-state index in [4.69, 9.17) is 5.73 Å². The van der Waals surface area contributed by atoms with Crippen molar-refractivity contribution in [3.63, 3.8) is 0 Å². The summed E-state index contributed by atoms with van der Waals surface area (Å²) in [6.45, 7) is 8.05. The summed E-state index contributed by atoms with van der Waals surface area (Å²) in [5, 5.41) is 0.822. The summed E-state index contributed by atoms with van der Waals surface area (Å²) in [6, 6.07) is 0. The molecule has 5 nitrogen and oxygen atoms in total. The summed E-state index contributed by atoms with van der Waals surface area (Å²) in [5.74, 6) is -0.412. The average Bonchev–Trinajstić information content (AvgIpc) is 2.65. The predicted octanol–water partition coefficient (Wildman–Crippen LogP) is 2.06. The van der Waals surface area contributed by atoms with Gasteiger partial charge in [0.15, 0.2) is 5.16 Å². The molecule has 20 heavy (non-hydrogen) atoms. The van der Waals surface area contributed by atoms with Gasteiger partial charge in [-0.2, -0.15) is 0 Å². The van der Waals surface area contributed by atoms with Crippen molar-refractivity contribution in [1.29, 1.82) is 0 Å². The maximum atomic E-state index is 12.6. The van der Waals surface area contributed by atoms with Gasteiger partial charge >= 0.3 is 0 Å². The molecule has 2 aromatic rings. The Bertz CT molecular complexity index is 733. The Hall–Kier alpha value is -1.34. The number of nitrogens with two attached hydrogens (primary N) is 1. The predicted molar refractivity (Wildman–Crippen MR) is 83.5 cm³/mol.